The maximum Gasteiger partial charge on any atom is 0.220 e. The predicted molar refractivity (Wildman–Crippen MR) is 108 cm³/mol. The van der Waals surface area contributed by atoms with Gasteiger partial charge in [0, 0.05) is 32.1 Å². The van der Waals surface area contributed by atoms with Crippen LogP contribution in [0.3, 0.4) is 0 Å². The smallest absolute Gasteiger partial charge is 0.220 e. The van der Waals surface area contributed by atoms with Crippen LogP contribution in [0.1, 0.15) is 44.1 Å². The van der Waals surface area contributed by atoms with E-state index >= 15 is 0 Å². The van der Waals surface area contributed by atoms with E-state index in [1.165, 1.54) is 18.4 Å². The zero-order valence-corrected chi connectivity index (χ0v) is 16.5. The van der Waals surface area contributed by atoms with Crippen molar-refractivity contribution >= 4 is 5.91 Å². The van der Waals surface area contributed by atoms with Crippen LogP contribution in [0.15, 0.2) is 30.3 Å². The predicted octanol–water partition coefficient (Wildman–Crippen LogP) is 2.25. The lowest BCUT2D eigenvalue weighted by Gasteiger charge is -2.34. The number of aliphatic hydroxyl groups excluding tert-OH is 1. The number of benzene rings is 1. The van der Waals surface area contributed by atoms with Crippen LogP contribution in [0.5, 0.6) is 0 Å². The first-order chi connectivity index (χ1) is 13.2. The van der Waals surface area contributed by atoms with Crippen LogP contribution >= 0.6 is 0 Å². The van der Waals surface area contributed by atoms with E-state index in [2.05, 4.69) is 45.4 Å². The molecular formula is C22H35N3O2. The third-order valence-corrected chi connectivity index (χ3v) is 6.11. The molecule has 1 unspecified atom stereocenters. The van der Waals surface area contributed by atoms with Gasteiger partial charge in [-0.2, -0.15) is 0 Å². The number of nitrogens with zero attached hydrogens (tertiary/aromatic N) is 2. The minimum absolute atomic E-state index is 0.189. The summed E-state index contributed by atoms with van der Waals surface area (Å²) in [6.45, 7) is 6.00. The van der Waals surface area contributed by atoms with Gasteiger partial charge in [0.25, 0.3) is 0 Å². The Kier molecular flexibility index (Phi) is 8.11. The van der Waals surface area contributed by atoms with Crippen molar-refractivity contribution in [3.8, 4) is 0 Å². The van der Waals surface area contributed by atoms with Crippen LogP contribution in [0, 0.1) is 5.92 Å². The van der Waals surface area contributed by atoms with E-state index in [0.29, 0.717) is 18.9 Å². The third kappa shape index (κ3) is 6.59. The Morgan fingerprint density at radius 1 is 1.07 bits per heavy atom. The van der Waals surface area contributed by atoms with Gasteiger partial charge >= 0.3 is 0 Å². The van der Waals surface area contributed by atoms with Gasteiger partial charge < -0.3 is 10.4 Å². The lowest BCUT2D eigenvalue weighted by atomic mass is 9.93. The average molecular weight is 374 g/mol. The number of hydrogen-bond donors (Lipinski definition) is 2. The van der Waals surface area contributed by atoms with E-state index in [0.717, 1.165) is 52.0 Å². The van der Waals surface area contributed by atoms with Crippen LogP contribution in [-0.4, -0.2) is 66.2 Å². The molecule has 150 valence electrons. The van der Waals surface area contributed by atoms with Crippen molar-refractivity contribution in [3.05, 3.63) is 35.9 Å². The highest BCUT2D eigenvalue weighted by Crippen LogP contribution is 2.22. The highest BCUT2D eigenvalue weighted by Gasteiger charge is 2.23. The Hall–Kier alpha value is -1.43. The van der Waals surface area contributed by atoms with E-state index in [-0.39, 0.29) is 18.6 Å². The van der Waals surface area contributed by atoms with Crippen molar-refractivity contribution in [2.24, 2.45) is 5.92 Å². The van der Waals surface area contributed by atoms with E-state index < -0.39 is 0 Å². The van der Waals surface area contributed by atoms with Gasteiger partial charge in [-0.1, -0.05) is 36.8 Å². The maximum atomic E-state index is 12.3. The minimum atomic E-state index is 0.189. The Morgan fingerprint density at radius 2 is 1.85 bits per heavy atom. The highest BCUT2D eigenvalue weighted by molar-refractivity contribution is 5.76. The molecule has 27 heavy (non-hydrogen) atoms. The number of amides is 1. The molecule has 2 N–H and O–H groups in total. The van der Waals surface area contributed by atoms with Crippen molar-refractivity contribution in [1.29, 1.82) is 0 Å². The van der Waals surface area contributed by atoms with Crippen molar-refractivity contribution in [1.82, 2.24) is 15.1 Å². The first-order valence-corrected chi connectivity index (χ1v) is 10.6. The third-order valence-electron chi connectivity index (χ3n) is 6.11. The molecule has 0 spiro atoms. The molecule has 3 rings (SSSR count). The highest BCUT2D eigenvalue weighted by atomic mass is 16.3. The van der Waals surface area contributed by atoms with Gasteiger partial charge in [0.2, 0.25) is 5.91 Å². The quantitative estimate of drug-likeness (QED) is 0.734. The summed E-state index contributed by atoms with van der Waals surface area (Å²) in [4.78, 5) is 17.1. The van der Waals surface area contributed by atoms with Crippen molar-refractivity contribution in [2.45, 2.75) is 51.1 Å². The molecular weight excluding hydrogens is 338 g/mol. The summed E-state index contributed by atoms with van der Waals surface area (Å²) in [5, 5.41) is 12.6. The van der Waals surface area contributed by atoms with Crippen LogP contribution in [0.25, 0.3) is 0 Å². The summed E-state index contributed by atoms with van der Waals surface area (Å²) >= 11 is 0. The summed E-state index contributed by atoms with van der Waals surface area (Å²) in [7, 11) is 0. The molecule has 2 aliphatic heterocycles. The number of hydrogen-bond acceptors (Lipinski definition) is 4. The second kappa shape index (κ2) is 10.8. The van der Waals surface area contributed by atoms with Crippen molar-refractivity contribution in [2.75, 3.05) is 39.3 Å². The molecule has 5 heteroatoms. The summed E-state index contributed by atoms with van der Waals surface area (Å²) in [6.07, 6.45) is 6.36. The van der Waals surface area contributed by atoms with E-state index in [1.807, 2.05) is 0 Å². The Bertz CT molecular complexity index is 558. The number of piperidine rings is 2. The fourth-order valence-corrected chi connectivity index (χ4v) is 4.42. The van der Waals surface area contributed by atoms with Crippen LogP contribution in [0.2, 0.25) is 0 Å². The normalized spacial score (nSPS) is 22.6. The van der Waals surface area contributed by atoms with Gasteiger partial charge in [0.15, 0.2) is 0 Å². The number of rotatable bonds is 8. The fraction of sp³-hybridized carbons (Fsp3) is 0.682. The number of nitrogens with one attached hydrogen (secondary N) is 1. The van der Waals surface area contributed by atoms with Crippen LogP contribution in [0.4, 0.5) is 0 Å². The maximum absolute atomic E-state index is 12.3. The SMILES string of the molecule is O=C(CC1CCN(Cc2ccccc2)CC1)NCCN1CCCCC1CO. The fourth-order valence-electron chi connectivity index (χ4n) is 4.42. The summed E-state index contributed by atoms with van der Waals surface area (Å²) < 4.78 is 0. The number of likely N-dealkylation sites (tertiary alicyclic amines) is 2. The molecule has 1 aromatic rings. The van der Waals surface area contributed by atoms with Gasteiger partial charge in [0.1, 0.15) is 0 Å². The second-order valence-corrected chi connectivity index (χ2v) is 8.13. The van der Waals surface area contributed by atoms with Crippen molar-refractivity contribution in [3.63, 3.8) is 0 Å². The molecule has 1 atom stereocenters. The van der Waals surface area contributed by atoms with E-state index in [4.69, 9.17) is 0 Å². The topological polar surface area (TPSA) is 55.8 Å². The molecule has 2 heterocycles. The first-order valence-electron chi connectivity index (χ1n) is 10.6. The lowest BCUT2D eigenvalue weighted by Crippen LogP contribution is -2.45. The molecule has 0 radical (unpaired) electrons. The van der Waals surface area contributed by atoms with Gasteiger partial charge in [-0.05, 0) is 56.8 Å². The monoisotopic (exact) mass is 373 g/mol. The zero-order valence-electron chi connectivity index (χ0n) is 16.5. The van der Waals surface area contributed by atoms with Gasteiger partial charge in [0.05, 0.1) is 6.61 Å². The van der Waals surface area contributed by atoms with E-state index in [9.17, 15) is 9.90 Å². The Balaban J connectivity index is 1.30. The molecule has 0 aliphatic carbocycles. The summed E-state index contributed by atoms with van der Waals surface area (Å²) in [6, 6.07) is 10.9. The standard InChI is InChI=1S/C22H35N3O2/c26-18-21-8-4-5-12-25(21)15-11-23-22(27)16-19-9-13-24(14-10-19)17-20-6-2-1-3-7-20/h1-3,6-7,19,21,26H,4-5,8-18H2,(H,23,27). The summed E-state index contributed by atoms with van der Waals surface area (Å²) in [5.74, 6) is 0.700. The molecule has 1 amide bonds. The lowest BCUT2D eigenvalue weighted by molar-refractivity contribution is -0.122. The van der Waals surface area contributed by atoms with Crippen LogP contribution < -0.4 is 5.32 Å². The van der Waals surface area contributed by atoms with Crippen molar-refractivity contribution < 1.29 is 9.90 Å². The van der Waals surface area contributed by atoms with Gasteiger partial charge in [-0.15, -0.1) is 0 Å². The Labute approximate surface area is 163 Å². The first kappa shape index (κ1) is 20.3. The molecule has 0 aromatic heterocycles. The van der Waals surface area contributed by atoms with Gasteiger partial charge in [-0.25, -0.2) is 0 Å². The molecule has 2 fully saturated rings. The summed E-state index contributed by atoms with van der Waals surface area (Å²) in [5.41, 5.74) is 1.37. The molecule has 0 saturated carbocycles. The average Bonchev–Trinajstić information content (AvgIpc) is 2.71. The number of aliphatic hydroxyl groups is 1. The second-order valence-electron chi connectivity index (χ2n) is 8.13. The molecule has 0 bridgehead atoms. The molecule has 2 aliphatic rings. The molecule has 2 saturated heterocycles. The number of carbonyl (C=O) groups is 1. The van der Waals surface area contributed by atoms with E-state index in [1.54, 1.807) is 0 Å². The van der Waals surface area contributed by atoms with Gasteiger partial charge in [-0.3, -0.25) is 14.6 Å². The largest absolute Gasteiger partial charge is 0.395 e. The van der Waals surface area contributed by atoms with Crippen LogP contribution in [-0.2, 0) is 11.3 Å². The minimum Gasteiger partial charge on any atom is -0.395 e. The molecule has 1 aromatic carbocycles. The number of carbonyl (C=O) groups excluding carboxylic acids is 1. The molecule has 5 nitrogen and oxygen atoms in total. The zero-order chi connectivity index (χ0) is 18.9. The Morgan fingerprint density at radius 3 is 2.59 bits per heavy atom.